The molecule has 1 amide bonds. The molecule has 0 spiro atoms. The molecular formula is C17H20BN3O5S. The summed E-state index contributed by atoms with van der Waals surface area (Å²) in [7, 11) is -2.68. The lowest BCUT2D eigenvalue weighted by Gasteiger charge is -2.14. The Morgan fingerprint density at radius 1 is 1.33 bits per heavy atom. The molecule has 0 bridgehead atoms. The van der Waals surface area contributed by atoms with E-state index < -0.39 is 24.2 Å². The van der Waals surface area contributed by atoms with Gasteiger partial charge in [0.05, 0.1) is 23.3 Å². The zero-order chi connectivity index (χ0) is 19.6. The van der Waals surface area contributed by atoms with Gasteiger partial charge in [0.15, 0.2) is 11.0 Å². The number of hydrogen-bond acceptors (Lipinski definition) is 6. The van der Waals surface area contributed by atoms with Crippen molar-refractivity contribution in [2.24, 2.45) is 0 Å². The summed E-state index contributed by atoms with van der Waals surface area (Å²) in [6, 6.07) is 9.89. The van der Waals surface area contributed by atoms with E-state index in [4.69, 9.17) is 15.1 Å². The van der Waals surface area contributed by atoms with Gasteiger partial charge in [0, 0.05) is 11.4 Å². The van der Waals surface area contributed by atoms with Crippen LogP contribution in [0.3, 0.4) is 0 Å². The number of hydrogen-bond donors (Lipinski definition) is 4. The molecule has 1 aliphatic rings. The highest BCUT2D eigenvalue weighted by Crippen LogP contribution is 2.25. The van der Waals surface area contributed by atoms with Crippen molar-refractivity contribution >= 4 is 46.7 Å². The Morgan fingerprint density at radius 3 is 2.85 bits per heavy atom. The molecule has 1 atom stereocenters. The van der Waals surface area contributed by atoms with E-state index in [-0.39, 0.29) is 11.8 Å². The number of rotatable bonds is 5. The number of nitrogens with two attached hydrogens (primary N) is 1. The van der Waals surface area contributed by atoms with Crippen LogP contribution in [-0.2, 0) is 27.0 Å². The lowest BCUT2D eigenvalue weighted by atomic mass is 9.79. The summed E-state index contributed by atoms with van der Waals surface area (Å²) in [6.07, 6.45) is -0.954. The van der Waals surface area contributed by atoms with E-state index in [1.54, 1.807) is 44.2 Å². The molecule has 0 aliphatic carbocycles. The van der Waals surface area contributed by atoms with Crippen molar-refractivity contribution in [2.45, 2.75) is 31.5 Å². The second kappa shape index (κ2) is 7.99. The number of carbonyl (C=O) groups is 1. The van der Waals surface area contributed by atoms with Gasteiger partial charge in [-0.25, -0.2) is 9.00 Å². The maximum atomic E-state index is 12.8. The van der Waals surface area contributed by atoms with Crippen LogP contribution in [0.2, 0.25) is 0 Å². The van der Waals surface area contributed by atoms with E-state index in [0.717, 1.165) is 5.56 Å². The molecule has 10 heteroatoms. The fourth-order valence-corrected chi connectivity index (χ4v) is 3.55. The quantitative estimate of drug-likeness (QED) is 0.455. The SMILES string of the molecule is CC(C)OC(=O)Nc1cc(N)ccc1S(=O)Nc1ccc2c(c1)B(O)OC2. The molecule has 1 aliphatic heterocycles. The van der Waals surface area contributed by atoms with Gasteiger partial charge in [-0.15, -0.1) is 0 Å². The van der Waals surface area contributed by atoms with Crippen molar-refractivity contribution < 1.29 is 23.4 Å². The topological polar surface area (TPSA) is 123 Å². The predicted octanol–water partition coefficient (Wildman–Crippen LogP) is 1.58. The Labute approximate surface area is 159 Å². The fraction of sp³-hybridized carbons (Fsp3) is 0.235. The van der Waals surface area contributed by atoms with Crippen LogP contribution in [0.1, 0.15) is 19.4 Å². The molecule has 27 heavy (non-hydrogen) atoms. The van der Waals surface area contributed by atoms with Gasteiger partial charge in [-0.2, -0.15) is 0 Å². The molecule has 2 aromatic rings. The molecule has 0 fully saturated rings. The van der Waals surface area contributed by atoms with Crippen LogP contribution in [0.25, 0.3) is 0 Å². The van der Waals surface area contributed by atoms with Gasteiger partial charge >= 0.3 is 13.2 Å². The van der Waals surface area contributed by atoms with Crippen molar-refractivity contribution in [1.29, 1.82) is 0 Å². The Morgan fingerprint density at radius 2 is 2.11 bits per heavy atom. The van der Waals surface area contributed by atoms with E-state index in [2.05, 4.69) is 10.0 Å². The minimum Gasteiger partial charge on any atom is -0.447 e. The lowest BCUT2D eigenvalue weighted by Crippen LogP contribution is -2.28. The van der Waals surface area contributed by atoms with Crippen molar-refractivity contribution in [2.75, 3.05) is 15.8 Å². The molecule has 142 valence electrons. The highest BCUT2D eigenvalue weighted by Gasteiger charge is 2.27. The van der Waals surface area contributed by atoms with Crippen molar-refractivity contribution in [3.05, 3.63) is 42.0 Å². The van der Waals surface area contributed by atoms with Gasteiger partial charge in [0.1, 0.15) is 0 Å². The third-order valence-corrected chi connectivity index (χ3v) is 4.98. The number of nitrogens with one attached hydrogen (secondary N) is 2. The summed E-state index contributed by atoms with van der Waals surface area (Å²) in [5.74, 6) is 0. The number of anilines is 3. The Hall–Kier alpha value is -2.56. The molecule has 0 aromatic heterocycles. The van der Waals surface area contributed by atoms with Gasteiger partial charge < -0.3 is 24.9 Å². The van der Waals surface area contributed by atoms with E-state index in [1.165, 1.54) is 6.07 Å². The van der Waals surface area contributed by atoms with E-state index >= 15 is 0 Å². The maximum Gasteiger partial charge on any atom is 0.491 e. The standard InChI is InChI=1S/C17H20BN3O5S/c1-10(2)26-17(22)20-15-7-12(19)4-6-16(15)27(24)21-13-5-3-11-9-25-18(23)14(11)8-13/h3-8,10,21,23H,9,19H2,1-2H3,(H,20,22). The van der Waals surface area contributed by atoms with Gasteiger partial charge in [-0.1, -0.05) is 6.07 Å². The van der Waals surface area contributed by atoms with Gasteiger partial charge in [-0.05, 0) is 55.2 Å². The minimum atomic E-state index is -1.69. The molecule has 0 saturated carbocycles. The molecule has 0 radical (unpaired) electrons. The predicted molar refractivity (Wildman–Crippen MR) is 105 cm³/mol. The van der Waals surface area contributed by atoms with Crippen LogP contribution in [-0.4, -0.2) is 28.5 Å². The zero-order valence-corrected chi connectivity index (χ0v) is 15.7. The number of nitrogen functional groups attached to an aromatic ring is 1. The summed E-state index contributed by atoms with van der Waals surface area (Å²) >= 11 is 0. The molecular weight excluding hydrogens is 369 g/mol. The lowest BCUT2D eigenvalue weighted by molar-refractivity contribution is 0.130. The third-order valence-electron chi connectivity index (χ3n) is 3.80. The van der Waals surface area contributed by atoms with Crippen LogP contribution in [0, 0.1) is 0 Å². The molecule has 1 heterocycles. The van der Waals surface area contributed by atoms with E-state index in [0.29, 0.717) is 28.3 Å². The summed E-state index contributed by atoms with van der Waals surface area (Å²) in [5, 5.41) is 12.4. The first-order valence-electron chi connectivity index (χ1n) is 8.31. The zero-order valence-electron chi connectivity index (χ0n) is 14.9. The Bertz CT molecular complexity index is 893. The van der Waals surface area contributed by atoms with Crippen LogP contribution in [0.15, 0.2) is 41.3 Å². The molecule has 3 rings (SSSR count). The number of amides is 1. The van der Waals surface area contributed by atoms with Crippen LogP contribution < -0.4 is 21.2 Å². The average molecular weight is 389 g/mol. The third kappa shape index (κ3) is 4.59. The Kier molecular flexibility index (Phi) is 5.69. The van der Waals surface area contributed by atoms with Crippen LogP contribution in [0.4, 0.5) is 21.9 Å². The Balaban J connectivity index is 1.80. The van der Waals surface area contributed by atoms with Crippen LogP contribution >= 0.6 is 0 Å². The molecule has 8 nitrogen and oxygen atoms in total. The van der Waals surface area contributed by atoms with Crippen LogP contribution in [0.5, 0.6) is 0 Å². The number of ether oxygens (including phenoxy) is 1. The second-order valence-electron chi connectivity index (χ2n) is 6.28. The largest absolute Gasteiger partial charge is 0.491 e. The number of fused-ring (bicyclic) bond motifs is 1. The first-order valence-corrected chi connectivity index (χ1v) is 9.46. The average Bonchev–Trinajstić information content (AvgIpc) is 2.95. The highest BCUT2D eigenvalue weighted by atomic mass is 32.2. The second-order valence-corrected chi connectivity index (χ2v) is 7.46. The monoisotopic (exact) mass is 389 g/mol. The van der Waals surface area contributed by atoms with Crippen molar-refractivity contribution in [3.63, 3.8) is 0 Å². The fourth-order valence-electron chi connectivity index (χ4n) is 2.60. The molecule has 1 unspecified atom stereocenters. The first-order chi connectivity index (χ1) is 12.8. The smallest absolute Gasteiger partial charge is 0.447 e. The first kappa shape index (κ1) is 19.2. The van der Waals surface area contributed by atoms with Gasteiger partial charge in [-0.3, -0.25) is 5.32 Å². The van der Waals surface area contributed by atoms with Gasteiger partial charge in [0.2, 0.25) is 0 Å². The number of carbonyl (C=O) groups excluding carboxylic acids is 1. The molecule has 0 saturated heterocycles. The molecule has 2 aromatic carbocycles. The van der Waals surface area contributed by atoms with Gasteiger partial charge in [0.25, 0.3) is 0 Å². The summed E-state index contributed by atoms with van der Waals surface area (Å²) < 4.78 is 25.9. The number of benzene rings is 2. The normalized spacial score (nSPS) is 14.0. The summed E-state index contributed by atoms with van der Waals surface area (Å²) in [5.41, 5.74) is 8.54. The maximum absolute atomic E-state index is 12.8. The van der Waals surface area contributed by atoms with Crippen molar-refractivity contribution in [3.8, 4) is 0 Å². The summed E-state index contributed by atoms with van der Waals surface area (Å²) in [6.45, 7) is 3.79. The summed E-state index contributed by atoms with van der Waals surface area (Å²) in [4.78, 5) is 12.2. The van der Waals surface area contributed by atoms with E-state index in [9.17, 15) is 14.0 Å². The minimum absolute atomic E-state index is 0.288. The van der Waals surface area contributed by atoms with E-state index in [1.807, 2.05) is 0 Å². The molecule has 5 N–H and O–H groups in total. The van der Waals surface area contributed by atoms with Crippen molar-refractivity contribution in [1.82, 2.24) is 0 Å². The highest BCUT2D eigenvalue weighted by molar-refractivity contribution is 7.86.